The van der Waals surface area contributed by atoms with Gasteiger partial charge in [0.25, 0.3) is 0 Å². The molecule has 1 heterocycles. The molecule has 0 saturated heterocycles. The van der Waals surface area contributed by atoms with Crippen molar-refractivity contribution in [3.8, 4) is 11.3 Å². The summed E-state index contributed by atoms with van der Waals surface area (Å²) < 4.78 is 5.24. The number of anilines is 2. The molecule has 0 aliphatic heterocycles. The zero-order chi connectivity index (χ0) is 18.8. The summed E-state index contributed by atoms with van der Waals surface area (Å²) in [6.07, 6.45) is 0. The smallest absolute Gasteiger partial charge is 0.326 e. The van der Waals surface area contributed by atoms with E-state index in [4.69, 9.17) is 39.3 Å². The summed E-state index contributed by atoms with van der Waals surface area (Å²) in [7, 11) is 1.64. The number of urea groups is 1. The summed E-state index contributed by atoms with van der Waals surface area (Å²) in [5.41, 5.74) is 1.96. The first-order valence-electron chi connectivity index (χ1n) is 7.59. The average Bonchev–Trinajstić information content (AvgIpc) is 2.95. The van der Waals surface area contributed by atoms with E-state index in [0.717, 1.165) is 0 Å². The molecule has 1 aromatic heterocycles. The van der Waals surface area contributed by atoms with Crippen molar-refractivity contribution in [2.45, 2.75) is 6.92 Å². The van der Waals surface area contributed by atoms with Crippen molar-refractivity contribution >= 4 is 52.2 Å². The van der Waals surface area contributed by atoms with Crippen LogP contribution < -0.4 is 10.2 Å². The topological polar surface area (TPSA) is 58.4 Å². The first-order valence-corrected chi connectivity index (χ1v) is 8.73. The minimum Gasteiger partial charge on any atom is -0.359 e. The Morgan fingerprint density at radius 1 is 1.08 bits per heavy atom. The quantitative estimate of drug-likeness (QED) is 0.553. The molecular formula is C18H14Cl3N3O2. The SMILES string of the molecule is Cc1onc(-c2c(Cl)cccc2Cl)c1NC(=O)N(C)c1ccc(Cl)cc1. The molecule has 8 heteroatoms. The number of aromatic nitrogens is 1. The molecule has 134 valence electrons. The van der Waals surface area contributed by atoms with E-state index >= 15 is 0 Å². The second-order valence-corrected chi connectivity index (χ2v) is 6.78. The second-order valence-electron chi connectivity index (χ2n) is 5.52. The minimum atomic E-state index is -0.372. The summed E-state index contributed by atoms with van der Waals surface area (Å²) in [6, 6.07) is 11.6. The van der Waals surface area contributed by atoms with Gasteiger partial charge in [-0.2, -0.15) is 0 Å². The Morgan fingerprint density at radius 3 is 2.31 bits per heavy atom. The first kappa shape index (κ1) is 18.6. The summed E-state index contributed by atoms with van der Waals surface area (Å²) in [5, 5.41) is 8.22. The van der Waals surface area contributed by atoms with Gasteiger partial charge in [-0.15, -0.1) is 0 Å². The summed E-state index contributed by atoms with van der Waals surface area (Å²) in [6.45, 7) is 1.69. The zero-order valence-corrected chi connectivity index (χ0v) is 16.2. The molecule has 3 aromatic rings. The van der Waals surface area contributed by atoms with Crippen LogP contribution in [0.2, 0.25) is 15.1 Å². The van der Waals surface area contributed by atoms with E-state index in [2.05, 4.69) is 10.5 Å². The molecule has 3 rings (SSSR count). The van der Waals surface area contributed by atoms with Crippen molar-refractivity contribution in [3.05, 3.63) is 63.3 Å². The van der Waals surface area contributed by atoms with E-state index in [-0.39, 0.29) is 6.03 Å². The second kappa shape index (κ2) is 7.58. The highest BCUT2D eigenvalue weighted by molar-refractivity contribution is 6.39. The zero-order valence-electron chi connectivity index (χ0n) is 13.9. The highest BCUT2D eigenvalue weighted by Crippen LogP contribution is 2.39. The van der Waals surface area contributed by atoms with Crippen LogP contribution in [0.4, 0.5) is 16.2 Å². The number of rotatable bonds is 3. The molecule has 0 fully saturated rings. The van der Waals surface area contributed by atoms with Crippen molar-refractivity contribution < 1.29 is 9.32 Å². The van der Waals surface area contributed by atoms with Gasteiger partial charge in [-0.25, -0.2) is 4.79 Å². The molecule has 26 heavy (non-hydrogen) atoms. The molecule has 0 saturated carbocycles. The van der Waals surface area contributed by atoms with E-state index in [9.17, 15) is 4.79 Å². The number of carbonyl (C=O) groups is 1. The molecule has 0 atom stereocenters. The lowest BCUT2D eigenvalue weighted by molar-refractivity contribution is 0.258. The molecule has 5 nitrogen and oxygen atoms in total. The third kappa shape index (κ3) is 3.65. The van der Waals surface area contributed by atoms with Crippen molar-refractivity contribution in [1.29, 1.82) is 0 Å². The van der Waals surface area contributed by atoms with Crippen molar-refractivity contribution in [2.75, 3.05) is 17.3 Å². The van der Waals surface area contributed by atoms with Crippen LogP contribution in [0.15, 0.2) is 47.0 Å². The monoisotopic (exact) mass is 409 g/mol. The first-order chi connectivity index (χ1) is 12.4. The maximum absolute atomic E-state index is 12.6. The van der Waals surface area contributed by atoms with Gasteiger partial charge in [0.15, 0.2) is 5.76 Å². The van der Waals surface area contributed by atoms with Gasteiger partial charge in [0.05, 0.1) is 10.0 Å². The predicted molar refractivity (Wildman–Crippen MR) is 106 cm³/mol. The molecular weight excluding hydrogens is 397 g/mol. The number of hydrogen-bond acceptors (Lipinski definition) is 3. The maximum atomic E-state index is 12.6. The van der Waals surface area contributed by atoms with Crippen LogP contribution in [0.25, 0.3) is 11.3 Å². The Bertz CT molecular complexity index is 935. The van der Waals surface area contributed by atoms with Crippen molar-refractivity contribution in [1.82, 2.24) is 5.16 Å². The molecule has 2 amide bonds. The Labute approximate surface area is 165 Å². The largest absolute Gasteiger partial charge is 0.359 e. The van der Waals surface area contributed by atoms with E-state index in [1.807, 2.05) is 0 Å². The van der Waals surface area contributed by atoms with Gasteiger partial charge in [-0.3, -0.25) is 4.90 Å². The maximum Gasteiger partial charge on any atom is 0.326 e. The fourth-order valence-corrected chi connectivity index (χ4v) is 3.09. The number of nitrogens with one attached hydrogen (secondary N) is 1. The van der Waals surface area contributed by atoms with Gasteiger partial charge >= 0.3 is 6.03 Å². The number of hydrogen-bond donors (Lipinski definition) is 1. The molecule has 0 aliphatic carbocycles. The molecule has 0 spiro atoms. The van der Waals surface area contributed by atoms with Gasteiger partial charge < -0.3 is 9.84 Å². The van der Waals surface area contributed by atoms with E-state index in [1.165, 1.54) is 4.90 Å². The molecule has 0 radical (unpaired) electrons. The predicted octanol–water partition coefficient (Wildman–Crippen LogP) is 6.28. The highest BCUT2D eigenvalue weighted by Gasteiger charge is 2.22. The van der Waals surface area contributed by atoms with E-state index in [1.54, 1.807) is 56.4 Å². The fraction of sp³-hybridized carbons (Fsp3) is 0.111. The van der Waals surface area contributed by atoms with Crippen molar-refractivity contribution in [3.63, 3.8) is 0 Å². The lowest BCUT2D eigenvalue weighted by Gasteiger charge is -2.18. The Hall–Kier alpha value is -2.21. The van der Waals surface area contributed by atoms with Gasteiger partial charge in [0, 0.05) is 23.3 Å². The lowest BCUT2D eigenvalue weighted by Crippen LogP contribution is -2.31. The number of benzene rings is 2. The molecule has 0 aliphatic rings. The molecule has 1 N–H and O–H groups in total. The molecule has 2 aromatic carbocycles. The summed E-state index contributed by atoms with van der Waals surface area (Å²) >= 11 is 18.4. The van der Waals surface area contributed by atoms with E-state index < -0.39 is 0 Å². The fourth-order valence-electron chi connectivity index (χ4n) is 2.39. The summed E-state index contributed by atoms with van der Waals surface area (Å²) in [5.74, 6) is 0.439. The number of nitrogens with zero attached hydrogens (tertiary/aromatic N) is 2. The average molecular weight is 411 g/mol. The highest BCUT2D eigenvalue weighted by atomic mass is 35.5. The third-order valence-electron chi connectivity index (χ3n) is 3.81. The Balaban J connectivity index is 1.92. The number of aryl methyl sites for hydroxylation is 1. The van der Waals surface area contributed by atoms with Crippen LogP contribution >= 0.6 is 34.8 Å². The standard InChI is InChI=1S/C18H14Cl3N3O2/c1-10-16(17(23-26-10)15-13(20)4-3-5-14(15)21)22-18(25)24(2)12-8-6-11(19)7-9-12/h3-9H,1-2H3,(H,22,25). The van der Waals surface area contributed by atoms with E-state index in [0.29, 0.717) is 43.5 Å². The Kier molecular flexibility index (Phi) is 5.41. The van der Waals surface area contributed by atoms with Gasteiger partial charge in [0.1, 0.15) is 11.4 Å². The van der Waals surface area contributed by atoms with Crippen LogP contribution in [-0.4, -0.2) is 18.2 Å². The molecule has 0 unspecified atom stereocenters. The molecule has 0 bridgehead atoms. The minimum absolute atomic E-state index is 0.371. The van der Waals surface area contributed by atoms with Gasteiger partial charge in [-0.05, 0) is 43.3 Å². The number of halogens is 3. The van der Waals surface area contributed by atoms with Crippen LogP contribution in [-0.2, 0) is 0 Å². The normalized spacial score (nSPS) is 10.7. The van der Waals surface area contributed by atoms with Gasteiger partial charge in [-0.1, -0.05) is 46.0 Å². The van der Waals surface area contributed by atoms with Crippen molar-refractivity contribution in [2.24, 2.45) is 0 Å². The Morgan fingerprint density at radius 2 is 1.69 bits per heavy atom. The number of amides is 2. The van der Waals surface area contributed by atoms with Crippen LogP contribution in [0.3, 0.4) is 0 Å². The van der Waals surface area contributed by atoms with Crippen LogP contribution in [0.5, 0.6) is 0 Å². The summed E-state index contributed by atoms with van der Waals surface area (Å²) in [4.78, 5) is 14.1. The van der Waals surface area contributed by atoms with Crippen LogP contribution in [0, 0.1) is 6.92 Å². The van der Waals surface area contributed by atoms with Crippen LogP contribution in [0.1, 0.15) is 5.76 Å². The lowest BCUT2D eigenvalue weighted by atomic mass is 10.1. The number of carbonyl (C=O) groups excluding carboxylic acids is 1. The van der Waals surface area contributed by atoms with Gasteiger partial charge in [0.2, 0.25) is 0 Å². The third-order valence-corrected chi connectivity index (χ3v) is 4.69.